The van der Waals surface area contributed by atoms with Crippen LogP contribution in [-0.2, 0) is 6.54 Å². The fourth-order valence-corrected chi connectivity index (χ4v) is 2.81. The van der Waals surface area contributed by atoms with Gasteiger partial charge in [-0.1, -0.05) is 12.8 Å². The molecule has 4 nitrogen and oxygen atoms in total. The first-order valence-electron chi connectivity index (χ1n) is 6.87. The fraction of sp³-hybridized carbons (Fsp3) is 0.600. The van der Waals surface area contributed by atoms with Crippen LogP contribution in [-0.4, -0.2) is 30.5 Å². The maximum Gasteiger partial charge on any atom is 0.120 e. The lowest BCUT2D eigenvalue weighted by atomic mass is 9.87. The number of aliphatic hydroxyl groups is 1. The van der Waals surface area contributed by atoms with Crippen molar-refractivity contribution in [3.05, 3.63) is 23.8 Å². The normalized spacial score (nSPS) is 17.6. The highest BCUT2D eigenvalue weighted by Gasteiger charge is 2.32. The lowest BCUT2D eigenvalue weighted by Gasteiger charge is -2.26. The number of ether oxygens (including phenoxy) is 1. The minimum absolute atomic E-state index is 0.0362. The van der Waals surface area contributed by atoms with Gasteiger partial charge in [0.05, 0.1) is 7.11 Å². The zero-order valence-corrected chi connectivity index (χ0v) is 11.5. The summed E-state index contributed by atoms with van der Waals surface area (Å²) in [5, 5.41) is 22.7. The predicted octanol–water partition coefficient (Wildman–Crippen LogP) is 2.04. The number of phenols is 1. The van der Waals surface area contributed by atoms with Crippen molar-refractivity contribution >= 4 is 0 Å². The highest BCUT2D eigenvalue weighted by atomic mass is 16.5. The van der Waals surface area contributed by atoms with Crippen LogP contribution >= 0.6 is 0 Å². The van der Waals surface area contributed by atoms with Crippen molar-refractivity contribution in [2.75, 3.05) is 20.3 Å². The smallest absolute Gasteiger partial charge is 0.120 e. The molecule has 0 aromatic heterocycles. The second-order valence-electron chi connectivity index (χ2n) is 5.46. The van der Waals surface area contributed by atoms with Crippen LogP contribution in [0, 0.1) is 5.41 Å². The van der Waals surface area contributed by atoms with Crippen molar-refractivity contribution in [2.45, 2.75) is 32.2 Å². The van der Waals surface area contributed by atoms with Gasteiger partial charge in [0.2, 0.25) is 0 Å². The molecule has 0 amide bonds. The highest BCUT2D eigenvalue weighted by Crippen LogP contribution is 2.37. The van der Waals surface area contributed by atoms with Gasteiger partial charge in [-0.3, -0.25) is 0 Å². The number of aromatic hydroxyl groups is 1. The van der Waals surface area contributed by atoms with E-state index in [1.807, 2.05) is 6.07 Å². The summed E-state index contributed by atoms with van der Waals surface area (Å²) in [6.45, 7) is 1.62. The molecule has 1 aliphatic rings. The Morgan fingerprint density at radius 1 is 1.32 bits per heavy atom. The third-order valence-electron chi connectivity index (χ3n) is 4.10. The maximum absolute atomic E-state index is 9.80. The molecule has 1 saturated carbocycles. The Balaban J connectivity index is 1.91. The van der Waals surface area contributed by atoms with E-state index >= 15 is 0 Å². The van der Waals surface area contributed by atoms with Crippen LogP contribution in [0.3, 0.4) is 0 Å². The quantitative estimate of drug-likeness (QED) is 0.736. The molecule has 0 heterocycles. The molecule has 1 aromatic rings. The Bertz CT molecular complexity index is 414. The first-order chi connectivity index (χ1) is 9.19. The van der Waals surface area contributed by atoms with E-state index in [1.54, 1.807) is 19.2 Å². The zero-order chi connectivity index (χ0) is 13.7. The molecule has 3 N–H and O–H groups in total. The molecule has 1 aromatic carbocycles. The molecule has 1 fully saturated rings. The van der Waals surface area contributed by atoms with Crippen LogP contribution in [0.1, 0.15) is 31.2 Å². The largest absolute Gasteiger partial charge is 0.508 e. The number of rotatable bonds is 6. The molecule has 106 valence electrons. The minimum Gasteiger partial charge on any atom is -0.508 e. The average molecular weight is 265 g/mol. The Kier molecular flexibility index (Phi) is 4.66. The fourth-order valence-electron chi connectivity index (χ4n) is 2.81. The van der Waals surface area contributed by atoms with Gasteiger partial charge in [0.15, 0.2) is 0 Å². The van der Waals surface area contributed by atoms with E-state index in [-0.39, 0.29) is 17.8 Å². The second kappa shape index (κ2) is 6.26. The van der Waals surface area contributed by atoms with Gasteiger partial charge in [0.25, 0.3) is 0 Å². The third-order valence-corrected chi connectivity index (χ3v) is 4.10. The van der Waals surface area contributed by atoms with Gasteiger partial charge in [-0.25, -0.2) is 0 Å². The Hall–Kier alpha value is -1.26. The number of benzene rings is 1. The Labute approximate surface area is 114 Å². The molecule has 0 bridgehead atoms. The number of phenolic OH excluding ortho intramolecular Hbond substituents is 1. The molecule has 0 spiro atoms. The van der Waals surface area contributed by atoms with Gasteiger partial charge >= 0.3 is 0 Å². The molecule has 4 heteroatoms. The lowest BCUT2D eigenvalue weighted by molar-refractivity contribution is 0.128. The maximum atomic E-state index is 9.80. The van der Waals surface area contributed by atoms with Gasteiger partial charge < -0.3 is 20.3 Å². The number of methoxy groups -OCH3 is 1. The van der Waals surface area contributed by atoms with Crippen molar-refractivity contribution in [3.63, 3.8) is 0 Å². The summed E-state index contributed by atoms with van der Waals surface area (Å²) in [6, 6.07) is 5.22. The molecule has 2 rings (SSSR count). The van der Waals surface area contributed by atoms with Crippen LogP contribution in [0.2, 0.25) is 0 Å². The summed E-state index contributed by atoms with van der Waals surface area (Å²) in [6.07, 6.45) is 4.57. The standard InChI is InChI=1S/C15H23NO3/c1-19-13-4-5-14(18)12(8-13)9-16-10-15(11-17)6-2-3-7-15/h4-5,8,16-18H,2-3,6-7,9-11H2,1H3. The van der Waals surface area contributed by atoms with Gasteiger partial charge in [0, 0.05) is 30.7 Å². The van der Waals surface area contributed by atoms with Crippen LogP contribution in [0.5, 0.6) is 11.5 Å². The van der Waals surface area contributed by atoms with Gasteiger partial charge in [0.1, 0.15) is 11.5 Å². The lowest BCUT2D eigenvalue weighted by Crippen LogP contribution is -2.34. The molecule has 0 radical (unpaired) electrons. The predicted molar refractivity (Wildman–Crippen MR) is 74.4 cm³/mol. The van der Waals surface area contributed by atoms with Crippen LogP contribution < -0.4 is 10.1 Å². The summed E-state index contributed by atoms with van der Waals surface area (Å²) < 4.78 is 5.15. The van der Waals surface area contributed by atoms with E-state index in [9.17, 15) is 10.2 Å². The van der Waals surface area contributed by atoms with Crippen LogP contribution in [0.15, 0.2) is 18.2 Å². The minimum atomic E-state index is 0.0362. The van der Waals surface area contributed by atoms with Gasteiger partial charge in [-0.15, -0.1) is 0 Å². The third kappa shape index (κ3) is 3.39. The molecule has 19 heavy (non-hydrogen) atoms. The first kappa shape index (κ1) is 14.2. The van der Waals surface area contributed by atoms with E-state index in [0.717, 1.165) is 30.7 Å². The van der Waals surface area contributed by atoms with E-state index in [1.165, 1.54) is 12.8 Å². The summed E-state index contributed by atoms with van der Waals surface area (Å²) in [5.41, 5.74) is 0.861. The molecule has 0 unspecified atom stereocenters. The molecule has 0 saturated heterocycles. The number of aliphatic hydroxyl groups excluding tert-OH is 1. The summed E-state index contributed by atoms with van der Waals surface area (Å²) in [4.78, 5) is 0. The van der Waals surface area contributed by atoms with Crippen molar-refractivity contribution in [2.24, 2.45) is 5.41 Å². The topological polar surface area (TPSA) is 61.7 Å². The van der Waals surface area contributed by atoms with E-state index < -0.39 is 0 Å². The SMILES string of the molecule is COc1ccc(O)c(CNCC2(CO)CCCC2)c1. The van der Waals surface area contributed by atoms with Crippen LogP contribution in [0.4, 0.5) is 0 Å². The number of hydrogen-bond donors (Lipinski definition) is 3. The monoisotopic (exact) mass is 265 g/mol. The van der Waals surface area contributed by atoms with Crippen molar-refractivity contribution in [1.29, 1.82) is 0 Å². The summed E-state index contributed by atoms with van der Waals surface area (Å²) in [7, 11) is 1.61. The molecule has 1 aliphatic carbocycles. The highest BCUT2D eigenvalue weighted by molar-refractivity contribution is 5.39. The summed E-state index contributed by atoms with van der Waals surface area (Å²) >= 11 is 0. The molecule has 0 atom stereocenters. The number of hydrogen-bond acceptors (Lipinski definition) is 4. The average Bonchev–Trinajstić information content (AvgIpc) is 2.90. The molecule has 0 aliphatic heterocycles. The summed E-state index contributed by atoms with van der Waals surface area (Å²) in [5.74, 6) is 1.02. The number of nitrogens with one attached hydrogen (secondary N) is 1. The zero-order valence-electron chi connectivity index (χ0n) is 11.5. The van der Waals surface area contributed by atoms with E-state index in [0.29, 0.717) is 6.54 Å². The Morgan fingerprint density at radius 3 is 2.68 bits per heavy atom. The van der Waals surface area contributed by atoms with Crippen molar-refractivity contribution < 1.29 is 14.9 Å². The van der Waals surface area contributed by atoms with Crippen molar-refractivity contribution in [3.8, 4) is 11.5 Å². The van der Waals surface area contributed by atoms with E-state index in [2.05, 4.69) is 5.32 Å². The molecular weight excluding hydrogens is 242 g/mol. The van der Waals surface area contributed by atoms with Crippen LogP contribution in [0.25, 0.3) is 0 Å². The van der Waals surface area contributed by atoms with Crippen molar-refractivity contribution in [1.82, 2.24) is 5.32 Å². The Morgan fingerprint density at radius 2 is 2.05 bits per heavy atom. The van der Waals surface area contributed by atoms with Gasteiger partial charge in [-0.05, 0) is 31.0 Å². The molecular formula is C15H23NO3. The van der Waals surface area contributed by atoms with Gasteiger partial charge in [-0.2, -0.15) is 0 Å². The second-order valence-corrected chi connectivity index (χ2v) is 5.46. The van der Waals surface area contributed by atoms with E-state index in [4.69, 9.17) is 4.74 Å². The first-order valence-corrected chi connectivity index (χ1v) is 6.87.